The number of hydrogen-bond acceptors (Lipinski definition) is 8. The molecule has 0 bridgehead atoms. The molecule has 2 spiro atoms. The lowest BCUT2D eigenvalue weighted by molar-refractivity contribution is -0.145. The summed E-state index contributed by atoms with van der Waals surface area (Å²) in [7, 11) is -6.08. The topological polar surface area (TPSA) is 174 Å². The maximum Gasteiger partial charge on any atom is 0.516 e. The zero-order chi connectivity index (χ0) is 43.7. The van der Waals surface area contributed by atoms with E-state index in [1.807, 2.05) is 0 Å². The molecule has 2 saturated heterocycles. The molecule has 0 aromatic heterocycles. The second-order valence-electron chi connectivity index (χ2n) is 20.3. The highest BCUT2D eigenvalue weighted by Gasteiger charge is 2.85. The van der Waals surface area contributed by atoms with Gasteiger partial charge in [-0.25, -0.2) is 4.72 Å². The summed E-state index contributed by atoms with van der Waals surface area (Å²) in [4.78, 5) is 75.2. The molecule has 0 aromatic carbocycles. The minimum Gasteiger partial charge on any atom is -0.343 e. The molecule has 7 atom stereocenters. The van der Waals surface area contributed by atoms with Crippen LogP contribution >= 0.6 is 0 Å². The molecular formula is C42H65F3N6O7S. The molecule has 6 aliphatic rings. The molecule has 4 aliphatic carbocycles. The monoisotopic (exact) mass is 854 g/mol. The Morgan fingerprint density at radius 2 is 1.46 bits per heavy atom. The average molecular weight is 855 g/mol. The van der Waals surface area contributed by atoms with Crippen molar-refractivity contribution in [1.29, 1.82) is 0 Å². The van der Waals surface area contributed by atoms with Crippen LogP contribution in [0, 0.1) is 33.5 Å². The highest BCUT2D eigenvalue weighted by Crippen LogP contribution is 2.88. The molecular weight excluding hydrogens is 790 g/mol. The Balaban J connectivity index is 1.29. The van der Waals surface area contributed by atoms with Crippen molar-refractivity contribution in [3.63, 3.8) is 0 Å². The van der Waals surface area contributed by atoms with Crippen LogP contribution in [-0.2, 0) is 34.0 Å². The second kappa shape index (κ2) is 15.6. The first-order chi connectivity index (χ1) is 27.3. The van der Waals surface area contributed by atoms with Gasteiger partial charge in [-0.15, -0.1) is 6.58 Å². The zero-order valence-electron chi connectivity index (χ0n) is 35.7. The van der Waals surface area contributed by atoms with Crippen LogP contribution in [0.1, 0.15) is 132 Å². The summed E-state index contributed by atoms with van der Waals surface area (Å²) in [5, 5.41) is 8.76. The van der Waals surface area contributed by atoms with Crippen molar-refractivity contribution in [2.75, 3.05) is 13.1 Å². The lowest BCUT2D eigenvalue weighted by atomic mass is 9.73. The summed E-state index contributed by atoms with van der Waals surface area (Å²) in [6.45, 7) is 18.4. The zero-order valence-corrected chi connectivity index (χ0v) is 36.5. The van der Waals surface area contributed by atoms with E-state index in [1.165, 1.54) is 11.0 Å². The maximum absolute atomic E-state index is 15.1. The molecule has 0 aromatic rings. The van der Waals surface area contributed by atoms with E-state index in [-0.39, 0.29) is 54.1 Å². The molecule has 1 unspecified atom stereocenters. The van der Waals surface area contributed by atoms with E-state index in [0.29, 0.717) is 6.42 Å². The van der Waals surface area contributed by atoms with Crippen molar-refractivity contribution < 1.29 is 45.6 Å². The summed E-state index contributed by atoms with van der Waals surface area (Å²) >= 11 is 0. The van der Waals surface area contributed by atoms with Crippen molar-refractivity contribution in [2.24, 2.45) is 33.5 Å². The first kappa shape index (κ1) is 45.3. The van der Waals surface area contributed by atoms with Crippen LogP contribution in [0.2, 0.25) is 0 Å². The number of sulfonamides is 1. The second-order valence-corrected chi connectivity index (χ2v) is 21.9. The van der Waals surface area contributed by atoms with Gasteiger partial charge in [0.15, 0.2) is 0 Å². The Morgan fingerprint density at radius 1 is 0.831 bits per heavy atom. The molecule has 6 rings (SSSR count). The van der Waals surface area contributed by atoms with Crippen molar-refractivity contribution in [3.8, 4) is 0 Å². The smallest absolute Gasteiger partial charge is 0.343 e. The van der Waals surface area contributed by atoms with Crippen LogP contribution in [0.15, 0.2) is 12.7 Å². The summed E-state index contributed by atoms with van der Waals surface area (Å²) < 4.78 is 65.0. The quantitative estimate of drug-likeness (QED) is 0.205. The minimum absolute atomic E-state index is 0.139. The highest BCUT2D eigenvalue weighted by atomic mass is 32.2. The molecule has 6 fully saturated rings. The van der Waals surface area contributed by atoms with Gasteiger partial charge in [0, 0.05) is 23.9 Å². The van der Waals surface area contributed by atoms with Gasteiger partial charge in [-0.1, -0.05) is 72.8 Å². The number of likely N-dealkylation sites (tertiary alicyclic amines) is 2. The van der Waals surface area contributed by atoms with E-state index in [1.54, 1.807) is 20.8 Å². The molecule has 4 saturated carbocycles. The number of carbonyl (C=O) groups excluding carboxylic acids is 5. The van der Waals surface area contributed by atoms with E-state index in [4.69, 9.17) is 0 Å². The van der Waals surface area contributed by atoms with Crippen LogP contribution in [-0.4, -0.2) is 102 Å². The van der Waals surface area contributed by atoms with Crippen molar-refractivity contribution >= 4 is 39.6 Å². The maximum atomic E-state index is 15.1. The van der Waals surface area contributed by atoms with Crippen LogP contribution in [0.25, 0.3) is 0 Å². The van der Waals surface area contributed by atoms with E-state index in [9.17, 15) is 40.8 Å². The third-order valence-corrected chi connectivity index (χ3v) is 16.7. The first-order valence-electron chi connectivity index (χ1n) is 21.6. The number of piperidine rings is 1. The van der Waals surface area contributed by atoms with E-state index in [0.717, 1.165) is 75.5 Å². The predicted molar refractivity (Wildman–Crippen MR) is 214 cm³/mol. The summed E-state index contributed by atoms with van der Waals surface area (Å²) in [6.07, 6.45) is 11.0. The van der Waals surface area contributed by atoms with Crippen molar-refractivity contribution in [1.82, 2.24) is 30.5 Å². The number of fused-ring (bicyclic) bond motifs is 1. The van der Waals surface area contributed by atoms with Crippen LogP contribution < -0.4 is 20.7 Å². The third kappa shape index (κ3) is 7.70. The summed E-state index contributed by atoms with van der Waals surface area (Å²) in [5.41, 5.74) is -9.58. The van der Waals surface area contributed by atoms with Gasteiger partial charge in [0.05, 0.1) is 6.04 Å². The minimum atomic E-state index is -6.08. The van der Waals surface area contributed by atoms with Crippen molar-refractivity contribution in [3.05, 3.63) is 12.7 Å². The fourth-order valence-electron chi connectivity index (χ4n) is 11.7. The Morgan fingerprint density at radius 3 is 1.97 bits per heavy atom. The summed E-state index contributed by atoms with van der Waals surface area (Å²) in [5.74, 6) is -4.55. The number of carbonyl (C=O) groups is 5. The Labute approximate surface area is 347 Å². The van der Waals surface area contributed by atoms with Gasteiger partial charge >= 0.3 is 15.5 Å². The Hall–Kier alpha value is -3.21. The lowest BCUT2D eigenvalue weighted by Crippen LogP contribution is -2.63. The lowest BCUT2D eigenvalue weighted by Gasteiger charge is -2.40. The number of amides is 5. The van der Waals surface area contributed by atoms with Gasteiger partial charge in [-0.05, 0) is 93.9 Å². The molecule has 17 heteroatoms. The molecule has 13 nitrogen and oxygen atoms in total. The number of nitrogens with zero attached hydrogens (tertiary/aromatic N) is 2. The van der Waals surface area contributed by atoms with Crippen LogP contribution in [0.5, 0.6) is 0 Å². The van der Waals surface area contributed by atoms with Gasteiger partial charge in [0.2, 0.25) is 23.6 Å². The first-order valence-corrected chi connectivity index (χ1v) is 23.0. The number of hydrogen-bond donors (Lipinski definition) is 4. The van der Waals surface area contributed by atoms with Gasteiger partial charge in [0.25, 0.3) is 5.91 Å². The fourth-order valence-corrected chi connectivity index (χ4v) is 12.2. The predicted octanol–water partition coefficient (Wildman–Crippen LogP) is 4.67. The Kier molecular flexibility index (Phi) is 12.0. The third-order valence-electron chi connectivity index (χ3n) is 15.6. The van der Waals surface area contributed by atoms with Gasteiger partial charge < -0.3 is 20.9 Å². The van der Waals surface area contributed by atoms with E-state index >= 15 is 4.79 Å². The van der Waals surface area contributed by atoms with Gasteiger partial charge in [0.1, 0.15) is 23.7 Å². The van der Waals surface area contributed by atoms with E-state index < -0.39 is 79.6 Å². The number of alkyl halides is 3. The van der Waals surface area contributed by atoms with Gasteiger partial charge in [-0.2, -0.15) is 21.6 Å². The SMILES string of the molecule is C=C[C@@H]1C[C@]1(NC(=O)[C@@H]1C[C@@]2(CN1C(=O)[C@@H](NC(=O)C(NC(=O)[C@@H]1CCCCN1C(C)C)C1CCCCC1)C(C)(C)C)C(C)(C)C21CCC1)C(=O)NS(=O)(=O)C(F)(F)F. The molecule has 0 radical (unpaired) electrons. The average Bonchev–Trinajstić information content (AvgIpc) is 3.86. The van der Waals surface area contributed by atoms with E-state index in [2.05, 4.69) is 55.1 Å². The largest absolute Gasteiger partial charge is 0.516 e. The highest BCUT2D eigenvalue weighted by molar-refractivity contribution is 7.90. The van der Waals surface area contributed by atoms with Crippen LogP contribution in [0.4, 0.5) is 13.2 Å². The molecule has 2 aliphatic heterocycles. The standard InChI is InChI=1S/C42H65F3N6O7S/c1-9-27-22-41(27,36(56)49-59(57,58)42(43,44)45)48-33(53)29-23-40(38(7,8)39(40)19-15-20-39)24-51(29)35(55)31(37(4,5)6)47-34(54)30(26-16-11-10-12-17-26)46-32(52)28-18-13-14-21-50(28)25(2)3/h9,25-31H,1,10-24H2,2-8H3,(H,46,52)(H,47,54)(H,48,53)(H,49,56)/t27-,28+,29+,30?,31-,40-,41-/m1/s1. The van der Waals surface area contributed by atoms with Crippen molar-refractivity contribution in [2.45, 2.75) is 173 Å². The molecule has 2 heterocycles. The number of rotatable bonds is 12. The molecule has 332 valence electrons. The summed E-state index contributed by atoms with van der Waals surface area (Å²) in [6, 6.07) is -3.46. The fraction of sp³-hybridized carbons (Fsp3) is 0.833. The number of halogens is 3. The van der Waals surface area contributed by atoms with Gasteiger partial charge in [-0.3, -0.25) is 28.9 Å². The number of nitrogens with one attached hydrogen (secondary N) is 4. The molecule has 4 N–H and O–H groups in total. The molecule has 5 amide bonds. The Bertz CT molecular complexity index is 1820. The van der Waals surface area contributed by atoms with Crippen LogP contribution in [0.3, 0.4) is 0 Å². The normalized spacial score (nSPS) is 31.5. The molecule has 59 heavy (non-hydrogen) atoms.